The fourth-order valence-electron chi connectivity index (χ4n) is 2.19. The van der Waals surface area contributed by atoms with Crippen molar-refractivity contribution in [1.29, 1.82) is 0 Å². The highest BCUT2D eigenvalue weighted by Crippen LogP contribution is 2.38. The number of nitrogens with one attached hydrogen (secondary N) is 1. The molecule has 82 valence electrons. The molecule has 1 heterocycles. The molecular formula is C12H17NO2. The van der Waals surface area contributed by atoms with Gasteiger partial charge in [-0.15, -0.1) is 0 Å². The number of rotatable bonds is 2. The molecule has 1 aromatic carbocycles. The van der Waals surface area contributed by atoms with E-state index >= 15 is 0 Å². The predicted molar refractivity (Wildman–Crippen MR) is 59.6 cm³/mol. The Balaban J connectivity index is 2.39. The van der Waals surface area contributed by atoms with Gasteiger partial charge in [-0.3, -0.25) is 0 Å². The van der Waals surface area contributed by atoms with Crippen molar-refractivity contribution in [1.82, 2.24) is 5.32 Å². The van der Waals surface area contributed by atoms with E-state index in [0.29, 0.717) is 17.4 Å². The molecule has 0 radical (unpaired) electrons. The fraction of sp³-hybridized carbons (Fsp3) is 0.500. The summed E-state index contributed by atoms with van der Waals surface area (Å²) in [4.78, 5) is 0. The average molecular weight is 207 g/mol. The maximum absolute atomic E-state index is 10.1. The summed E-state index contributed by atoms with van der Waals surface area (Å²) in [5, 5.41) is 13.4. The Morgan fingerprint density at radius 3 is 2.87 bits per heavy atom. The molecule has 0 amide bonds. The van der Waals surface area contributed by atoms with Gasteiger partial charge in [0.1, 0.15) is 0 Å². The summed E-state index contributed by atoms with van der Waals surface area (Å²) in [7, 11) is 1.60. The number of hydrogen-bond donors (Lipinski definition) is 2. The molecule has 3 nitrogen and oxygen atoms in total. The third-order valence-electron chi connectivity index (χ3n) is 3.06. The number of hydrogen-bond acceptors (Lipinski definition) is 3. The minimum absolute atomic E-state index is 0.311. The van der Waals surface area contributed by atoms with Gasteiger partial charge in [-0.1, -0.05) is 12.1 Å². The molecule has 1 aliphatic rings. The summed E-state index contributed by atoms with van der Waals surface area (Å²) in [5.41, 5.74) is 1.98. The quantitative estimate of drug-likeness (QED) is 0.776. The van der Waals surface area contributed by atoms with Crippen molar-refractivity contribution in [2.45, 2.75) is 19.3 Å². The fourth-order valence-corrected chi connectivity index (χ4v) is 2.19. The largest absolute Gasteiger partial charge is 0.504 e. The topological polar surface area (TPSA) is 41.5 Å². The summed E-state index contributed by atoms with van der Waals surface area (Å²) < 4.78 is 5.21. The number of aryl methyl sites for hydroxylation is 1. The molecule has 1 aliphatic heterocycles. The molecular weight excluding hydrogens is 190 g/mol. The SMILES string of the molecule is COc1c(C)ccc(C2CCNC2)c1O. The zero-order chi connectivity index (χ0) is 10.8. The molecule has 2 rings (SSSR count). The molecule has 15 heavy (non-hydrogen) atoms. The molecule has 1 aromatic rings. The summed E-state index contributed by atoms with van der Waals surface area (Å²) in [6, 6.07) is 4.01. The van der Waals surface area contributed by atoms with E-state index in [1.165, 1.54) is 0 Å². The van der Waals surface area contributed by atoms with E-state index in [9.17, 15) is 5.11 Å². The van der Waals surface area contributed by atoms with Crippen LogP contribution in [-0.4, -0.2) is 25.3 Å². The molecule has 1 fully saturated rings. The number of benzene rings is 1. The van der Waals surface area contributed by atoms with Crippen LogP contribution in [0.5, 0.6) is 11.5 Å². The molecule has 0 saturated carbocycles. The maximum Gasteiger partial charge on any atom is 0.163 e. The third-order valence-corrected chi connectivity index (χ3v) is 3.06. The lowest BCUT2D eigenvalue weighted by Gasteiger charge is -2.15. The summed E-state index contributed by atoms with van der Waals surface area (Å²) in [5.74, 6) is 1.34. The second kappa shape index (κ2) is 4.11. The van der Waals surface area contributed by atoms with Crippen LogP contribution in [0.15, 0.2) is 12.1 Å². The Labute approximate surface area is 90.1 Å². The monoisotopic (exact) mass is 207 g/mol. The Hall–Kier alpha value is -1.22. The van der Waals surface area contributed by atoms with Gasteiger partial charge in [0.15, 0.2) is 11.5 Å². The van der Waals surface area contributed by atoms with Crippen molar-refractivity contribution in [3.8, 4) is 11.5 Å². The van der Waals surface area contributed by atoms with Gasteiger partial charge in [-0.2, -0.15) is 0 Å². The highest BCUT2D eigenvalue weighted by molar-refractivity contribution is 5.52. The van der Waals surface area contributed by atoms with Crippen LogP contribution < -0.4 is 10.1 Å². The lowest BCUT2D eigenvalue weighted by atomic mass is 9.96. The lowest BCUT2D eigenvalue weighted by molar-refractivity contribution is 0.366. The van der Waals surface area contributed by atoms with E-state index < -0.39 is 0 Å². The molecule has 2 N–H and O–H groups in total. The van der Waals surface area contributed by atoms with Gasteiger partial charge < -0.3 is 15.2 Å². The third kappa shape index (κ3) is 1.79. The minimum Gasteiger partial charge on any atom is -0.504 e. The van der Waals surface area contributed by atoms with Gasteiger partial charge in [0.2, 0.25) is 0 Å². The van der Waals surface area contributed by atoms with Crippen LogP contribution in [0, 0.1) is 6.92 Å². The standard InChI is InChI=1S/C12H17NO2/c1-8-3-4-10(9-5-6-13-7-9)11(14)12(8)15-2/h3-4,9,13-14H,5-7H2,1-2H3. The zero-order valence-electron chi connectivity index (χ0n) is 9.21. The van der Waals surface area contributed by atoms with E-state index in [-0.39, 0.29) is 0 Å². The van der Waals surface area contributed by atoms with Gasteiger partial charge in [-0.05, 0) is 25.5 Å². The molecule has 0 bridgehead atoms. The first-order chi connectivity index (χ1) is 7.24. The number of methoxy groups -OCH3 is 1. The van der Waals surface area contributed by atoms with Crippen molar-refractivity contribution in [2.24, 2.45) is 0 Å². The summed E-state index contributed by atoms with van der Waals surface area (Å²) in [6.45, 7) is 3.91. The number of phenols is 1. The van der Waals surface area contributed by atoms with Crippen molar-refractivity contribution in [2.75, 3.05) is 20.2 Å². The van der Waals surface area contributed by atoms with E-state index in [1.54, 1.807) is 7.11 Å². The maximum atomic E-state index is 10.1. The minimum atomic E-state index is 0.311. The van der Waals surface area contributed by atoms with Gasteiger partial charge >= 0.3 is 0 Å². The lowest BCUT2D eigenvalue weighted by Crippen LogP contribution is -2.08. The Bertz CT molecular complexity index is 357. The Kier molecular flexibility index (Phi) is 2.82. The number of ether oxygens (including phenoxy) is 1. The molecule has 1 atom stereocenters. The van der Waals surface area contributed by atoms with Crippen LogP contribution >= 0.6 is 0 Å². The van der Waals surface area contributed by atoms with Crippen molar-refractivity contribution in [3.63, 3.8) is 0 Å². The zero-order valence-corrected chi connectivity index (χ0v) is 9.21. The smallest absolute Gasteiger partial charge is 0.163 e. The van der Waals surface area contributed by atoms with Crippen LogP contribution in [0.2, 0.25) is 0 Å². The van der Waals surface area contributed by atoms with Crippen LogP contribution in [0.4, 0.5) is 0 Å². The van der Waals surface area contributed by atoms with Gasteiger partial charge in [0.05, 0.1) is 7.11 Å². The molecule has 0 aromatic heterocycles. The van der Waals surface area contributed by atoms with E-state index in [2.05, 4.69) is 5.32 Å². The highest BCUT2D eigenvalue weighted by atomic mass is 16.5. The molecule has 3 heteroatoms. The van der Waals surface area contributed by atoms with Crippen LogP contribution in [0.1, 0.15) is 23.5 Å². The van der Waals surface area contributed by atoms with Gasteiger partial charge in [0, 0.05) is 18.0 Å². The first-order valence-electron chi connectivity index (χ1n) is 5.31. The van der Waals surface area contributed by atoms with E-state index in [4.69, 9.17) is 4.74 Å². The average Bonchev–Trinajstić information content (AvgIpc) is 2.71. The second-order valence-corrected chi connectivity index (χ2v) is 4.04. The van der Waals surface area contributed by atoms with E-state index in [0.717, 1.165) is 30.6 Å². The summed E-state index contributed by atoms with van der Waals surface area (Å²) in [6.07, 6.45) is 1.08. The van der Waals surface area contributed by atoms with Crippen LogP contribution in [0.25, 0.3) is 0 Å². The number of phenolic OH excluding ortho intramolecular Hbond substituents is 1. The Morgan fingerprint density at radius 2 is 2.27 bits per heavy atom. The van der Waals surface area contributed by atoms with Crippen LogP contribution in [-0.2, 0) is 0 Å². The van der Waals surface area contributed by atoms with E-state index in [1.807, 2.05) is 19.1 Å². The van der Waals surface area contributed by atoms with Gasteiger partial charge in [-0.25, -0.2) is 0 Å². The number of aromatic hydroxyl groups is 1. The van der Waals surface area contributed by atoms with Crippen molar-refractivity contribution >= 4 is 0 Å². The molecule has 1 unspecified atom stereocenters. The second-order valence-electron chi connectivity index (χ2n) is 4.04. The van der Waals surface area contributed by atoms with Crippen molar-refractivity contribution < 1.29 is 9.84 Å². The summed E-state index contributed by atoms with van der Waals surface area (Å²) >= 11 is 0. The molecule has 0 aliphatic carbocycles. The first kappa shape index (κ1) is 10.3. The van der Waals surface area contributed by atoms with Gasteiger partial charge in [0.25, 0.3) is 0 Å². The molecule has 1 saturated heterocycles. The normalized spacial score (nSPS) is 20.5. The Morgan fingerprint density at radius 1 is 1.47 bits per heavy atom. The van der Waals surface area contributed by atoms with Crippen LogP contribution in [0.3, 0.4) is 0 Å². The molecule has 0 spiro atoms. The van der Waals surface area contributed by atoms with Crippen molar-refractivity contribution in [3.05, 3.63) is 23.3 Å². The first-order valence-corrected chi connectivity index (χ1v) is 5.31. The predicted octanol–water partition coefficient (Wildman–Crippen LogP) is 1.79. The highest BCUT2D eigenvalue weighted by Gasteiger charge is 2.22.